The topological polar surface area (TPSA) is 67.6 Å². The molecule has 0 unspecified atom stereocenters. The Balaban J connectivity index is 1.66. The smallest absolute Gasteiger partial charge is 0.192 e. The van der Waals surface area contributed by atoms with Gasteiger partial charge in [-0.05, 0) is 68.6 Å². The highest BCUT2D eigenvalue weighted by atomic mass is 35.5. The maximum Gasteiger partial charge on any atom is 0.192 e. The van der Waals surface area contributed by atoms with E-state index in [4.69, 9.17) is 30.2 Å². The zero-order valence-corrected chi connectivity index (χ0v) is 24.6. The van der Waals surface area contributed by atoms with Gasteiger partial charge in [-0.25, -0.2) is 0 Å². The van der Waals surface area contributed by atoms with Crippen LogP contribution in [0.4, 0.5) is 0 Å². The number of fused-ring (bicyclic) bond motifs is 1. The monoisotopic (exact) mass is 531 g/mol. The van der Waals surface area contributed by atoms with Crippen molar-refractivity contribution in [2.24, 2.45) is 0 Å². The average molecular weight is 532 g/mol. The maximum absolute atomic E-state index is 6.79. The highest BCUT2D eigenvalue weighted by Crippen LogP contribution is 2.50. The Morgan fingerprint density at radius 2 is 1.81 bits per heavy atom. The molecule has 196 valence electrons. The van der Waals surface area contributed by atoms with Crippen LogP contribution < -0.4 is 9.47 Å². The quantitative estimate of drug-likeness (QED) is 0.227. The third kappa shape index (κ3) is 5.01. The zero-order valence-electron chi connectivity index (χ0n) is 22.9. The summed E-state index contributed by atoms with van der Waals surface area (Å²) in [5.74, 6) is 1.37. The summed E-state index contributed by atoms with van der Waals surface area (Å²) < 4.78 is 25.6. The molecule has 0 amide bonds. The van der Waals surface area contributed by atoms with Crippen LogP contribution in [-0.2, 0) is 9.16 Å². The lowest BCUT2D eigenvalue weighted by Crippen LogP contribution is -2.54. The van der Waals surface area contributed by atoms with Crippen molar-refractivity contribution in [3.63, 3.8) is 0 Å². The minimum absolute atomic E-state index is 0.111. The molecule has 0 radical (unpaired) electrons. The van der Waals surface area contributed by atoms with Crippen LogP contribution in [-0.4, -0.2) is 49.7 Å². The second kappa shape index (κ2) is 9.63. The summed E-state index contributed by atoms with van der Waals surface area (Å²) in [5, 5.41) is 10.9. The lowest BCUT2D eigenvalue weighted by molar-refractivity contribution is -0.0378. The molecule has 0 saturated heterocycles. The van der Waals surface area contributed by atoms with Crippen molar-refractivity contribution >= 4 is 31.0 Å². The first-order chi connectivity index (χ1) is 16.8. The number of rotatable bonds is 8. The Kier molecular flexibility index (Phi) is 7.20. The molecule has 1 saturated carbocycles. The Morgan fingerprint density at radius 1 is 1.11 bits per heavy atom. The van der Waals surface area contributed by atoms with E-state index in [2.05, 4.69) is 55.6 Å². The van der Waals surface area contributed by atoms with Gasteiger partial charge in [-0.15, -0.1) is 10.2 Å². The summed E-state index contributed by atoms with van der Waals surface area (Å²) in [5.41, 5.74) is 3.15. The normalized spacial score (nSPS) is 20.4. The van der Waals surface area contributed by atoms with E-state index in [1.165, 1.54) is 0 Å². The van der Waals surface area contributed by atoms with Crippen molar-refractivity contribution in [3.05, 3.63) is 35.0 Å². The molecule has 3 aromatic rings. The van der Waals surface area contributed by atoms with E-state index in [0.717, 1.165) is 40.8 Å². The maximum atomic E-state index is 6.79. The molecule has 1 fully saturated rings. The average Bonchev–Trinajstić information content (AvgIpc) is 3.12. The van der Waals surface area contributed by atoms with Crippen LogP contribution in [0.3, 0.4) is 0 Å². The van der Waals surface area contributed by atoms with Gasteiger partial charge in [0.25, 0.3) is 0 Å². The van der Waals surface area contributed by atoms with Crippen molar-refractivity contribution in [3.8, 4) is 22.8 Å². The molecule has 0 N–H and O–H groups in total. The van der Waals surface area contributed by atoms with Crippen LogP contribution in [0.1, 0.15) is 52.1 Å². The fraction of sp³-hybridized carbons (Fsp3) is 0.556. The predicted molar refractivity (Wildman–Crippen MR) is 147 cm³/mol. The molecule has 2 heterocycles. The number of aryl methyl sites for hydroxylation is 1. The molecule has 0 bridgehead atoms. The van der Waals surface area contributed by atoms with Crippen LogP contribution in [0.2, 0.25) is 23.2 Å². The van der Waals surface area contributed by atoms with Crippen LogP contribution >= 0.6 is 11.6 Å². The van der Waals surface area contributed by atoms with E-state index in [9.17, 15) is 0 Å². The van der Waals surface area contributed by atoms with Crippen molar-refractivity contribution in [1.82, 2.24) is 14.8 Å². The van der Waals surface area contributed by atoms with Crippen molar-refractivity contribution < 1.29 is 18.6 Å². The van der Waals surface area contributed by atoms with E-state index in [1.54, 1.807) is 20.3 Å². The van der Waals surface area contributed by atoms with Crippen molar-refractivity contribution in [2.45, 2.75) is 77.2 Å². The van der Waals surface area contributed by atoms with E-state index in [0.29, 0.717) is 16.5 Å². The van der Waals surface area contributed by atoms with Crippen LogP contribution in [0.25, 0.3) is 22.3 Å². The Labute approximate surface area is 220 Å². The Bertz CT molecular complexity index is 1260. The number of hydrogen-bond acceptors (Lipinski definition) is 6. The van der Waals surface area contributed by atoms with Gasteiger partial charge in [0, 0.05) is 29.9 Å². The SMILES string of the molecule is COCOc1cc(Cl)cc(C)c1-c1cc2c(OC)cn(C3CC(C)(O[Si](C)(C)C(C)(C)C)C3)c2nn1. The largest absolute Gasteiger partial charge is 0.494 e. The van der Waals surface area contributed by atoms with E-state index >= 15 is 0 Å². The lowest BCUT2D eigenvalue weighted by atomic mass is 9.77. The van der Waals surface area contributed by atoms with E-state index < -0.39 is 8.32 Å². The van der Waals surface area contributed by atoms with Gasteiger partial charge in [0.15, 0.2) is 20.8 Å². The summed E-state index contributed by atoms with van der Waals surface area (Å²) in [7, 11) is 1.41. The van der Waals surface area contributed by atoms with Gasteiger partial charge in [0.05, 0.1) is 23.8 Å². The molecule has 1 aliphatic rings. The number of halogens is 1. The fourth-order valence-corrected chi connectivity index (χ4v) is 6.81. The molecule has 0 atom stereocenters. The van der Waals surface area contributed by atoms with Gasteiger partial charge in [0.2, 0.25) is 0 Å². The minimum Gasteiger partial charge on any atom is -0.494 e. The third-order valence-electron chi connectivity index (χ3n) is 7.65. The number of aromatic nitrogens is 3. The van der Waals surface area contributed by atoms with Crippen LogP contribution in [0, 0.1) is 6.92 Å². The summed E-state index contributed by atoms with van der Waals surface area (Å²) in [6.07, 6.45) is 3.90. The summed E-state index contributed by atoms with van der Waals surface area (Å²) in [6.45, 7) is 15.8. The molecule has 0 aliphatic heterocycles. The second-order valence-electron chi connectivity index (χ2n) is 11.6. The number of ether oxygens (including phenoxy) is 3. The molecule has 1 aromatic carbocycles. The number of methoxy groups -OCH3 is 2. The van der Waals surface area contributed by atoms with Gasteiger partial charge in [-0.1, -0.05) is 32.4 Å². The van der Waals surface area contributed by atoms with Crippen LogP contribution in [0.5, 0.6) is 11.5 Å². The molecular formula is C27H38ClN3O4Si. The standard InChI is InChI=1S/C27H38ClN3O4Si/c1-17-10-18(28)11-22(34-16-32-6)24(17)21-12-20-23(33-7)15-31(25(20)30-29-21)19-13-27(5,14-19)35-36(8,9)26(2,3)4/h10-12,15,19H,13-14,16H2,1-9H3. The van der Waals surface area contributed by atoms with Gasteiger partial charge in [-0.2, -0.15) is 0 Å². The molecule has 1 aliphatic carbocycles. The fourth-order valence-electron chi connectivity index (χ4n) is 4.84. The minimum atomic E-state index is -1.86. The summed E-state index contributed by atoms with van der Waals surface area (Å²) >= 11 is 6.29. The summed E-state index contributed by atoms with van der Waals surface area (Å²) in [4.78, 5) is 0. The van der Waals surface area contributed by atoms with Gasteiger partial charge in [0.1, 0.15) is 11.5 Å². The zero-order chi connectivity index (χ0) is 26.5. The number of hydrogen-bond donors (Lipinski definition) is 0. The number of nitrogens with zero attached hydrogens (tertiary/aromatic N) is 3. The molecule has 0 spiro atoms. The Hall–Kier alpha value is -2.13. The third-order valence-corrected chi connectivity index (χ3v) is 12.5. The predicted octanol–water partition coefficient (Wildman–Crippen LogP) is 7.17. The number of benzene rings is 1. The molecule has 4 rings (SSSR count). The first-order valence-electron chi connectivity index (χ1n) is 12.3. The second-order valence-corrected chi connectivity index (χ2v) is 16.8. The lowest BCUT2D eigenvalue weighted by Gasteiger charge is -2.52. The molecule has 9 heteroatoms. The first kappa shape index (κ1) is 26.9. The van der Waals surface area contributed by atoms with E-state index in [1.807, 2.05) is 25.3 Å². The molecule has 7 nitrogen and oxygen atoms in total. The molecular weight excluding hydrogens is 494 g/mol. The molecule has 36 heavy (non-hydrogen) atoms. The Morgan fingerprint density at radius 3 is 2.42 bits per heavy atom. The van der Waals surface area contributed by atoms with Crippen molar-refractivity contribution in [2.75, 3.05) is 21.0 Å². The van der Waals surface area contributed by atoms with Gasteiger partial charge >= 0.3 is 0 Å². The van der Waals surface area contributed by atoms with E-state index in [-0.39, 0.29) is 23.5 Å². The highest BCUT2D eigenvalue weighted by molar-refractivity contribution is 6.74. The highest BCUT2D eigenvalue weighted by Gasteiger charge is 2.49. The summed E-state index contributed by atoms with van der Waals surface area (Å²) in [6, 6.07) is 5.96. The van der Waals surface area contributed by atoms with Crippen molar-refractivity contribution in [1.29, 1.82) is 0 Å². The van der Waals surface area contributed by atoms with Gasteiger partial charge in [-0.3, -0.25) is 0 Å². The molecule has 2 aromatic heterocycles. The first-order valence-corrected chi connectivity index (χ1v) is 15.6. The van der Waals surface area contributed by atoms with Gasteiger partial charge < -0.3 is 23.2 Å². The van der Waals surface area contributed by atoms with Crippen LogP contribution in [0.15, 0.2) is 24.4 Å².